The molecule has 0 aromatic carbocycles. The number of hydrogen-bond acceptors (Lipinski definition) is 5. The molecule has 1 saturated heterocycles. The van der Waals surface area contributed by atoms with Crippen molar-refractivity contribution in [1.82, 2.24) is 15.3 Å². The van der Waals surface area contributed by atoms with Gasteiger partial charge in [0.2, 0.25) is 0 Å². The molecule has 1 fully saturated rings. The molecule has 1 aliphatic rings. The Morgan fingerprint density at radius 2 is 2.10 bits per heavy atom. The number of nitrogens with zero attached hydrogens (tertiary/aromatic N) is 2. The first-order valence-electron chi connectivity index (χ1n) is 7.52. The first kappa shape index (κ1) is 14.5. The van der Waals surface area contributed by atoms with Crippen LogP contribution < -0.4 is 10.6 Å². The van der Waals surface area contributed by atoms with Crippen LogP contribution in [-0.2, 0) is 0 Å². The van der Waals surface area contributed by atoms with Crippen molar-refractivity contribution in [3.8, 4) is 0 Å². The first-order chi connectivity index (χ1) is 10.1. The number of piperidine rings is 1. The minimum atomic E-state index is 0.527. The maximum atomic E-state index is 4.72. The zero-order valence-electron chi connectivity index (χ0n) is 12.9. The predicted octanol–water partition coefficient (Wildman–Crippen LogP) is 3.67. The highest BCUT2D eigenvalue weighted by atomic mass is 32.1. The Balaban J connectivity index is 1.83. The van der Waals surface area contributed by atoms with Gasteiger partial charge >= 0.3 is 0 Å². The second-order valence-corrected chi connectivity index (χ2v) is 6.95. The summed E-state index contributed by atoms with van der Waals surface area (Å²) in [5.41, 5.74) is 4.45. The predicted molar refractivity (Wildman–Crippen MR) is 88.7 cm³/mol. The van der Waals surface area contributed by atoms with Gasteiger partial charge in [0.25, 0.3) is 0 Å². The molecule has 0 spiro atoms. The Bertz CT molecular complexity index is 610. The largest absolute Gasteiger partial charge is 0.331 e. The van der Waals surface area contributed by atoms with Gasteiger partial charge in [0.05, 0.1) is 5.69 Å². The van der Waals surface area contributed by atoms with Crippen LogP contribution in [0.2, 0.25) is 0 Å². The lowest BCUT2D eigenvalue weighted by Gasteiger charge is -2.23. The summed E-state index contributed by atoms with van der Waals surface area (Å²) < 4.78 is 0. The summed E-state index contributed by atoms with van der Waals surface area (Å²) in [7, 11) is 0. The Labute approximate surface area is 130 Å². The van der Waals surface area contributed by atoms with Crippen molar-refractivity contribution >= 4 is 22.2 Å². The number of aromatic nitrogens is 2. The number of pyridine rings is 1. The minimum Gasteiger partial charge on any atom is -0.331 e. The van der Waals surface area contributed by atoms with Crippen molar-refractivity contribution in [1.29, 1.82) is 0 Å². The van der Waals surface area contributed by atoms with E-state index in [1.54, 1.807) is 11.3 Å². The highest BCUT2D eigenvalue weighted by Gasteiger charge is 2.17. The van der Waals surface area contributed by atoms with Gasteiger partial charge in [-0.25, -0.2) is 4.98 Å². The lowest BCUT2D eigenvalue weighted by Crippen LogP contribution is -2.28. The van der Waals surface area contributed by atoms with Crippen molar-refractivity contribution in [3.63, 3.8) is 0 Å². The van der Waals surface area contributed by atoms with E-state index < -0.39 is 0 Å². The lowest BCUT2D eigenvalue weighted by atomic mass is 9.95. The van der Waals surface area contributed by atoms with Crippen LogP contribution in [0.25, 0.3) is 0 Å². The fourth-order valence-electron chi connectivity index (χ4n) is 2.73. The number of anilines is 2. The van der Waals surface area contributed by atoms with Crippen molar-refractivity contribution < 1.29 is 0 Å². The number of thiazole rings is 1. The first-order valence-corrected chi connectivity index (χ1v) is 8.34. The molecule has 0 radical (unpaired) electrons. The summed E-state index contributed by atoms with van der Waals surface area (Å²) in [6.07, 6.45) is 2.45. The van der Waals surface area contributed by atoms with Gasteiger partial charge in [-0.15, -0.1) is 11.3 Å². The van der Waals surface area contributed by atoms with Crippen molar-refractivity contribution in [2.45, 2.75) is 39.5 Å². The van der Waals surface area contributed by atoms with E-state index in [2.05, 4.69) is 41.6 Å². The molecule has 0 aliphatic carbocycles. The number of rotatable bonds is 3. The van der Waals surface area contributed by atoms with Crippen LogP contribution in [0.1, 0.15) is 40.7 Å². The van der Waals surface area contributed by atoms with Gasteiger partial charge in [-0.1, -0.05) is 0 Å². The molecule has 2 N–H and O–H groups in total. The third kappa shape index (κ3) is 3.41. The highest BCUT2D eigenvalue weighted by molar-refractivity contribution is 7.15. The molecule has 0 unspecified atom stereocenters. The van der Waals surface area contributed by atoms with Crippen LogP contribution >= 0.6 is 11.3 Å². The third-order valence-corrected chi connectivity index (χ3v) is 4.96. The smallest absolute Gasteiger partial charge is 0.187 e. The molecule has 0 saturated carbocycles. The zero-order valence-corrected chi connectivity index (χ0v) is 13.7. The molecular formula is C16H22N4S. The maximum Gasteiger partial charge on any atom is 0.187 e. The lowest BCUT2D eigenvalue weighted by molar-refractivity contribution is 0.454. The van der Waals surface area contributed by atoms with E-state index >= 15 is 0 Å². The Morgan fingerprint density at radius 3 is 2.76 bits per heavy atom. The minimum absolute atomic E-state index is 0.527. The summed E-state index contributed by atoms with van der Waals surface area (Å²) >= 11 is 1.70. The van der Waals surface area contributed by atoms with E-state index in [4.69, 9.17) is 4.98 Å². The molecule has 3 rings (SSSR count). The van der Waals surface area contributed by atoms with Gasteiger partial charge in [0, 0.05) is 34.4 Å². The average molecular weight is 302 g/mol. The standard InChI is InChI=1S/C16H22N4S/c1-10-7-14(20-16-19-11(2)12(3)21-16)8-15(18-10)13-5-4-6-17-9-13/h7-8,13,17H,4-6,9H2,1-3H3,(H,18,19,20)/t13-/m1/s1. The Morgan fingerprint density at radius 1 is 1.24 bits per heavy atom. The highest BCUT2D eigenvalue weighted by Crippen LogP contribution is 2.28. The van der Waals surface area contributed by atoms with Crippen molar-refractivity contribution in [3.05, 3.63) is 34.1 Å². The molecule has 2 aromatic rings. The maximum absolute atomic E-state index is 4.72. The molecule has 21 heavy (non-hydrogen) atoms. The zero-order chi connectivity index (χ0) is 14.8. The summed E-state index contributed by atoms with van der Waals surface area (Å²) in [5.74, 6) is 0.527. The fraction of sp³-hybridized carbons (Fsp3) is 0.500. The Kier molecular flexibility index (Phi) is 4.22. The summed E-state index contributed by atoms with van der Waals surface area (Å²) in [4.78, 5) is 10.5. The number of hydrogen-bond donors (Lipinski definition) is 2. The van der Waals surface area contributed by atoms with E-state index in [1.165, 1.54) is 23.4 Å². The van der Waals surface area contributed by atoms with Gasteiger partial charge in [0.1, 0.15) is 0 Å². The van der Waals surface area contributed by atoms with E-state index in [0.29, 0.717) is 5.92 Å². The van der Waals surface area contributed by atoms with Gasteiger partial charge in [-0.2, -0.15) is 0 Å². The molecule has 112 valence electrons. The van der Waals surface area contributed by atoms with Crippen LogP contribution in [0.5, 0.6) is 0 Å². The Hall–Kier alpha value is -1.46. The second-order valence-electron chi connectivity index (χ2n) is 5.75. The fourth-order valence-corrected chi connectivity index (χ4v) is 3.56. The number of aryl methyl sites for hydroxylation is 3. The summed E-state index contributed by atoms with van der Waals surface area (Å²) in [6, 6.07) is 4.27. The SMILES string of the molecule is Cc1cc(Nc2nc(C)c(C)s2)cc([C@@H]2CCCNC2)n1. The van der Waals surface area contributed by atoms with Crippen LogP contribution in [0.4, 0.5) is 10.8 Å². The molecule has 1 atom stereocenters. The van der Waals surface area contributed by atoms with E-state index in [9.17, 15) is 0 Å². The van der Waals surface area contributed by atoms with Gasteiger partial charge in [-0.3, -0.25) is 4.98 Å². The van der Waals surface area contributed by atoms with Crippen LogP contribution in [0.15, 0.2) is 12.1 Å². The van der Waals surface area contributed by atoms with Gasteiger partial charge < -0.3 is 10.6 Å². The number of nitrogens with one attached hydrogen (secondary N) is 2. The molecular weight excluding hydrogens is 280 g/mol. The summed E-state index contributed by atoms with van der Waals surface area (Å²) in [5, 5.41) is 7.86. The van der Waals surface area contributed by atoms with Crippen molar-refractivity contribution in [2.24, 2.45) is 0 Å². The normalized spacial score (nSPS) is 18.7. The van der Waals surface area contributed by atoms with E-state index in [0.717, 1.165) is 35.3 Å². The monoisotopic (exact) mass is 302 g/mol. The molecule has 5 heteroatoms. The van der Waals surface area contributed by atoms with Gasteiger partial charge in [-0.05, 0) is 52.3 Å². The van der Waals surface area contributed by atoms with E-state index in [-0.39, 0.29) is 0 Å². The molecule has 0 bridgehead atoms. The molecule has 0 amide bonds. The quantitative estimate of drug-likeness (QED) is 0.908. The van der Waals surface area contributed by atoms with Crippen LogP contribution in [-0.4, -0.2) is 23.1 Å². The molecule has 2 aromatic heterocycles. The molecule has 3 heterocycles. The average Bonchev–Trinajstić information content (AvgIpc) is 2.77. The molecule has 1 aliphatic heterocycles. The second kappa shape index (κ2) is 6.12. The van der Waals surface area contributed by atoms with Gasteiger partial charge in [0.15, 0.2) is 5.13 Å². The third-order valence-electron chi connectivity index (χ3n) is 3.97. The van der Waals surface area contributed by atoms with E-state index in [1.807, 2.05) is 6.92 Å². The van der Waals surface area contributed by atoms with Crippen molar-refractivity contribution in [2.75, 3.05) is 18.4 Å². The molecule has 4 nitrogen and oxygen atoms in total. The summed E-state index contributed by atoms with van der Waals surface area (Å²) in [6.45, 7) is 8.38. The topological polar surface area (TPSA) is 49.8 Å². The van der Waals surface area contributed by atoms with Crippen LogP contribution in [0, 0.1) is 20.8 Å². The van der Waals surface area contributed by atoms with Crippen LogP contribution in [0.3, 0.4) is 0 Å².